The number of nitrogens with one attached hydrogen (secondary N) is 1. The van der Waals surface area contributed by atoms with Gasteiger partial charge in [0, 0.05) is 6.92 Å². The number of hydrogen-bond acceptors (Lipinski definition) is 5. The summed E-state index contributed by atoms with van der Waals surface area (Å²) >= 11 is 0. The van der Waals surface area contributed by atoms with E-state index in [-0.39, 0.29) is 29.0 Å². The minimum absolute atomic E-state index is 0.0391. The Balaban J connectivity index is 2.66. The Bertz CT molecular complexity index is 750. The van der Waals surface area contributed by atoms with Crippen molar-refractivity contribution in [3.8, 4) is 17.1 Å². The average Bonchev–Trinajstić information content (AvgIpc) is 2.89. The van der Waals surface area contributed by atoms with Crippen LogP contribution in [0.2, 0.25) is 0 Å². The van der Waals surface area contributed by atoms with Crippen molar-refractivity contribution in [2.45, 2.75) is 53.1 Å². The van der Waals surface area contributed by atoms with E-state index >= 15 is 0 Å². The number of phenols is 1. The molecule has 1 amide bonds. The predicted molar refractivity (Wildman–Crippen MR) is 92.0 cm³/mol. The molecule has 1 aromatic heterocycles. The van der Waals surface area contributed by atoms with E-state index < -0.39 is 6.10 Å². The second-order valence-electron chi connectivity index (χ2n) is 6.26. The van der Waals surface area contributed by atoms with E-state index in [1.807, 2.05) is 13.0 Å². The Morgan fingerprint density at radius 1 is 1.38 bits per heavy atom. The molecule has 24 heavy (non-hydrogen) atoms. The third kappa shape index (κ3) is 3.43. The monoisotopic (exact) mass is 332 g/mol. The highest BCUT2D eigenvalue weighted by molar-refractivity contribution is 5.94. The van der Waals surface area contributed by atoms with Gasteiger partial charge in [-0.3, -0.25) is 4.79 Å². The Labute approximate surface area is 141 Å². The smallest absolute Gasteiger partial charge is 0.221 e. The lowest BCUT2D eigenvalue weighted by molar-refractivity contribution is -0.114. The Hall–Kier alpha value is -2.34. The fraction of sp³-hybridized carbons (Fsp3) is 0.444. The minimum Gasteiger partial charge on any atom is -0.507 e. The van der Waals surface area contributed by atoms with Gasteiger partial charge >= 0.3 is 0 Å². The van der Waals surface area contributed by atoms with Gasteiger partial charge in [0.15, 0.2) is 5.76 Å². The quantitative estimate of drug-likeness (QED) is 0.772. The summed E-state index contributed by atoms with van der Waals surface area (Å²) in [6.45, 7) is 9.22. The molecule has 0 spiro atoms. The second-order valence-corrected chi connectivity index (χ2v) is 6.26. The van der Waals surface area contributed by atoms with E-state index in [4.69, 9.17) is 4.52 Å². The number of aryl methyl sites for hydroxylation is 1. The van der Waals surface area contributed by atoms with E-state index in [0.29, 0.717) is 17.7 Å². The molecular weight excluding hydrogens is 308 g/mol. The summed E-state index contributed by atoms with van der Waals surface area (Å²) in [5.74, 6) is 0.237. The third-order valence-electron chi connectivity index (χ3n) is 3.97. The molecule has 0 aliphatic rings. The van der Waals surface area contributed by atoms with Crippen molar-refractivity contribution in [2.24, 2.45) is 0 Å². The van der Waals surface area contributed by atoms with Gasteiger partial charge in [-0.25, -0.2) is 0 Å². The fourth-order valence-corrected chi connectivity index (χ4v) is 2.72. The molecule has 2 rings (SSSR count). The maximum atomic E-state index is 11.5. The number of hydrogen-bond donors (Lipinski definition) is 3. The van der Waals surface area contributed by atoms with E-state index in [9.17, 15) is 15.0 Å². The van der Waals surface area contributed by atoms with Crippen LogP contribution < -0.4 is 5.32 Å². The molecule has 1 heterocycles. The van der Waals surface area contributed by atoms with E-state index in [1.165, 1.54) is 6.92 Å². The number of phenolic OH excluding ortho intramolecular Hbond substituents is 1. The van der Waals surface area contributed by atoms with Crippen LogP contribution in [0.15, 0.2) is 16.7 Å². The van der Waals surface area contributed by atoms with Crippen molar-refractivity contribution in [1.29, 1.82) is 0 Å². The van der Waals surface area contributed by atoms with Crippen LogP contribution >= 0.6 is 0 Å². The highest BCUT2D eigenvalue weighted by Gasteiger charge is 2.25. The number of nitrogens with zero attached hydrogens (tertiary/aromatic N) is 1. The van der Waals surface area contributed by atoms with Crippen LogP contribution in [0.3, 0.4) is 0 Å². The maximum Gasteiger partial charge on any atom is 0.221 e. The van der Waals surface area contributed by atoms with Crippen molar-refractivity contribution in [3.63, 3.8) is 0 Å². The summed E-state index contributed by atoms with van der Waals surface area (Å²) in [7, 11) is 0. The first-order valence-corrected chi connectivity index (χ1v) is 8.05. The van der Waals surface area contributed by atoms with Gasteiger partial charge in [0.25, 0.3) is 0 Å². The van der Waals surface area contributed by atoms with Crippen LogP contribution in [0.5, 0.6) is 5.75 Å². The van der Waals surface area contributed by atoms with E-state index in [0.717, 1.165) is 11.1 Å². The van der Waals surface area contributed by atoms with Crippen LogP contribution in [0.4, 0.5) is 5.69 Å². The van der Waals surface area contributed by atoms with Gasteiger partial charge in [0.1, 0.15) is 23.2 Å². The summed E-state index contributed by atoms with van der Waals surface area (Å²) in [6.07, 6.45) is -0.433. The number of rotatable bonds is 5. The normalized spacial score (nSPS) is 12.5. The van der Waals surface area contributed by atoms with Crippen LogP contribution in [0.1, 0.15) is 63.0 Å². The molecule has 2 aromatic rings. The first kappa shape index (κ1) is 18.0. The minimum atomic E-state index is -0.860. The Morgan fingerprint density at radius 3 is 2.58 bits per heavy atom. The molecule has 0 aliphatic carbocycles. The van der Waals surface area contributed by atoms with Crippen molar-refractivity contribution in [1.82, 2.24) is 5.16 Å². The number of aromatic hydroxyl groups is 1. The molecule has 3 N–H and O–H groups in total. The molecule has 6 heteroatoms. The van der Waals surface area contributed by atoms with E-state index in [2.05, 4.69) is 24.3 Å². The summed E-state index contributed by atoms with van der Waals surface area (Å²) in [6, 6.07) is 3.50. The summed E-state index contributed by atoms with van der Waals surface area (Å²) in [4.78, 5) is 11.5. The first-order valence-electron chi connectivity index (χ1n) is 8.05. The number of amides is 1. The zero-order valence-electron chi connectivity index (χ0n) is 14.7. The summed E-state index contributed by atoms with van der Waals surface area (Å²) in [5.41, 5.74) is 3.03. The number of aliphatic hydroxyl groups is 1. The number of aliphatic hydroxyl groups excluding tert-OH is 1. The zero-order valence-corrected chi connectivity index (χ0v) is 14.7. The molecule has 1 atom stereocenters. The van der Waals surface area contributed by atoms with Crippen LogP contribution in [-0.4, -0.2) is 21.3 Å². The van der Waals surface area contributed by atoms with Crippen molar-refractivity contribution in [3.05, 3.63) is 29.0 Å². The lowest BCUT2D eigenvalue weighted by atomic mass is 9.94. The maximum absolute atomic E-state index is 11.5. The molecular formula is C18H24N2O4. The molecule has 0 saturated heterocycles. The Morgan fingerprint density at radius 2 is 2.04 bits per heavy atom. The van der Waals surface area contributed by atoms with E-state index in [1.54, 1.807) is 13.0 Å². The number of aromatic nitrogens is 1. The number of carbonyl (C=O) groups excluding carboxylic acids is 1. The van der Waals surface area contributed by atoms with Crippen LogP contribution in [-0.2, 0) is 4.79 Å². The predicted octanol–water partition coefficient (Wildman–Crippen LogP) is 3.88. The molecule has 0 fully saturated rings. The molecule has 0 saturated carbocycles. The number of benzene rings is 1. The van der Waals surface area contributed by atoms with Crippen molar-refractivity contribution < 1.29 is 19.5 Å². The van der Waals surface area contributed by atoms with Crippen LogP contribution in [0.25, 0.3) is 11.3 Å². The third-order valence-corrected chi connectivity index (χ3v) is 3.97. The molecule has 0 bridgehead atoms. The van der Waals surface area contributed by atoms with Crippen molar-refractivity contribution in [2.75, 3.05) is 5.32 Å². The molecule has 6 nitrogen and oxygen atoms in total. The lowest BCUT2D eigenvalue weighted by Gasteiger charge is -2.14. The highest BCUT2D eigenvalue weighted by atomic mass is 16.5. The number of carbonyl (C=O) groups is 1. The average molecular weight is 332 g/mol. The fourth-order valence-electron chi connectivity index (χ4n) is 2.72. The largest absolute Gasteiger partial charge is 0.507 e. The molecule has 0 aliphatic heterocycles. The van der Waals surface area contributed by atoms with Gasteiger partial charge < -0.3 is 20.1 Å². The van der Waals surface area contributed by atoms with Gasteiger partial charge in [-0.1, -0.05) is 25.9 Å². The summed E-state index contributed by atoms with van der Waals surface area (Å²) in [5, 5.41) is 27.0. The summed E-state index contributed by atoms with van der Waals surface area (Å²) < 4.78 is 5.38. The SMILES string of the molecule is CCC(O)c1noc(-c2cc(C(C)C)c(C)cc2O)c1NC(C)=O. The van der Waals surface area contributed by atoms with Gasteiger partial charge in [0.2, 0.25) is 5.91 Å². The molecule has 1 aromatic carbocycles. The second kappa shape index (κ2) is 7.05. The molecule has 130 valence electrons. The topological polar surface area (TPSA) is 95.6 Å². The highest BCUT2D eigenvalue weighted by Crippen LogP contribution is 2.41. The molecule has 1 unspecified atom stereocenters. The van der Waals surface area contributed by atoms with Crippen molar-refractivity contribution >= 4 is 11.6 Å². The number of anilines is 1. The Kier molecular flexibility index (Phi) is 5.29. The standard InChI is InChI=1S/C18H24N2O4/c1-6-14(22)16-17(19-11(5)21)18(24-20-16)13-8-12(9(2)3)10(4)7-15(13)23/h7-9,14,22-23H,6H2,1-5H3,(H,19,21). The van der Waals surface area contributed by atoms with Crippen LogP contribution in [0, 0.1) is 6.92 Å². The lowest BCUT2D eigenvalue weighted by Crippen LogP contribution is -2.10. The zero-order chi connectivity index (χ0) is 18.0. The first-order chi connectivity index (χ1) is 11.3. The van der Waals surface area contributed by atoms with Gasteiger partial charge in [0.05, 0.1) is 5.56 Å². The molecule has 0 radical (unpaired) electrons. The van der Waals surface area contributed by atoms with Gasteiger partial charge in [-0.2, -0.15) is 0 Å². The van der Waals surface area contributed by atoms with Gasteiger partial charge in [-0.15, -0.1) is 0 Å². The van der Waals surface area contributed by atoms with Gasteiger partial charge in [-0.05, 0) is 42.5 Å².